The van der Waals surface area contributed by atoms with Crippen molar-refractivity contribution in [3.8, 4) is 0 Å². The van der Waals surface area contributed by atoms with E-state index in [2.05, 4.69) is 38.2 Å². The van der Waals surface area contributed by atoms with Gasteiger partial charge >= 0.3 is 0 Å². The maximum absolute atomic E-state index is 12.4. The molecule has 1 atom stereocenters. The lowest BCUT2D eigenvalue weighted by molar-refractivity contribution is -0.126. The molecular weight excluding hydrogens is 326 g/mol. The average molecular weight is 342 g/mol. The van der Waals surface area contributed by atoms with Crippen molar-refractivity contribution in [3.05, 3.63) is 33.8 Å². The van der Waals surface area contributed by atoms with Crippen molar-refractivity contribution < 1.29 is 4.79 Å². The number of benzene rings is 1. The largest absolute Gasteiger partial charge is 0.364 e. The minimum Gasteiger partial charge on any atom is -0.364 e. The van der Waals surface area contributed by atoms with E-state index in [9.17, 15) is 4.79 Å². The molecule has 0 radical (unpaired) electrons. The molecule has 2 rings (SSSR count). The van der Waals surface area contributed by atoms with Crippen LogP contribution in [0.15, 0.2) is 22.7 Å². The van der Waals surface area contributed by atoms with E-state index in [1.165, 1.54) is 5.56 Å². The lowest BCUT2D eigenvalue weighted by atomic mass is 9.83. The predicted octanol–water partition coefficient (Wildman–Crippen LogP) is 1.78. The number of rotatable bonds is 1. The molecule has 102 valence electrons. The Balaban J connectivity index is 2.19. The number of hydrogen-bond donors (Lipinski definition) is 3. The van der Waals surface area contributed by atoms with Gasteiger partial charge in [-0.1, -0.05) is 22.0 Å². The molecule has 1 aromatic carbocycles. The fourth-order valence-corrected chi connectivity index (χ4v) is 2.76. The Morgan fingerprint density at radius 3 is 2.84 bits per heavy atom. The Labute approximate surface area is 126 Å². The zero-order valence-corrected chi connectivity index (χ0v) is 13.2. The third-order valence-corrected chi connectivity index (χ3v) is 4.38. The number of fused-ring (bicyclic) bond motifs is 1. The minimum absolute atomic E-state index is 0.0676. The van der Waals surface area contributed by atoms with E-state index >= 15 is 0 Å². The van der Waals surface area contributed by atoms with Gasteiger partial charge in [0.15, 0.2) is 5.11 Å². The van der Waals surface area contributed by atoms with Gasteiger partial charge in [0.1, 0.15) is 0 Å². The highest BCUT2D eigenvalue weighted by atomic mass is 79.9. The van der Waals surface area contributed by atoms with Gasteiger partial charge in [0.05, 0.1) is 5.41 Å². The maximum atomic E-state index is 12.4. The summed E-state index contributed by atoms with van der Waals surface area (Å²) in [4.78, 5) is 12.4. The molecule has 1 aromatic rings. The summed E-state index contributed by atoms with van der Waals surface area (Å²) in [5.74, 6) is -0.0676. The number of carbonyl (C=O) groups is 1. The topological polar surface area (TPSA) is 53.2 Å². The van der Waals surface area contributed by atoms with Gasteiger partial charge in [0.2, 0.25) is 5.91 Å². The number of hydrogen-bond acceptors (Lipinski definition) is 2. The Hall–Kier alpha value is -1.14. The van der Waals surface area contributed by atoms with Gasteiger partial charge in [0.25, 0.3) is 0 Å². The molecule has 4 nitrogen and oxygen atoms in total. The van der Waals surface area contributed by atoms with E-state index in [1.807, 2.05) is 19.1 Å². The quantitative estimate of drug-likeness (QED) is 0.538. The van der Waals surface area contributed by atoms with Gasteiger partial charge in [-0.2, -0.15) is 0 Å². The minimum atomic E-state index is -0.518. The number of halogens is 1. The van der Waals surface area contributed by atoms with Crippen LogP contribution < -0.4 is 16.2 Å². The molecule has 0 saturated heterocycles. The van der Waals surface area contributed by atoms with Crippen LogP contribution in [0.2, 0.25) is 0 Å². The highest BCUT2D eigenvalue weighted by Crippen LogP contribution is 2.40. The normalized spacial score (nSPS) is 20.6. The lowest BCUT2D eigenvalue weighted by Crippen LogP contribution is -2.51. The van der Waals surface area contributed by atoms with Crippen LogP contribution in [0.4, 0.5) is 0 Å². The van der Waals surface area contributed by atoms with E-state index in [0.29, 0.717) is 5.11 Å². The van der Waals surface area contributed by atoms with Crippen LogP contribution in [-0.2, 0) is 16.6 Å². The van der Waals surface area contributed by atoms with Gasteiger partial charge in [-0.15, -0.1) is 0 Å². The van der Waals surface area contributed by atoms with E-state index in [0.717, 1.165) is 22.9 Å². The molecule has 0 spiro atoms. The Morgan fingerprint density at radius 1 is 1.42 bits per heavy atom. The van der Waals surface area contributed by atoms with Crippen molar-refractivity contribution in [2.75, 3.05) is 7.05 Å². The highest BCUT2D eigenvalue weighted by molar-refractivity contribution is 9.10. The molecule has 0 aromatic heterocycles. The van der Waals surface area contributed by atoms with E-state index < -0.39 is 5.41 Å². The van der Waals surface area contributed by atoms with Crippen LogP contribution >= 0.6 is 28.1 Å². The second kappa shape index (κ2) is 5.46. The van der Waals surface area contributed by atoms with Crippen LogP contribution in [0.5, 0.6) is 0 Å². The molecule has 19 heavy (non-hydrogen) atoms. The smallest absolute Gasteiger partial charge is 0.248 e. The fraction of sp³-hybridized carbons (Fsp3) is 0.385. The molecular formula is C13H16BrN3OS. The SMILES string of the molecule is CNC(=S)NNC(=O)C1(C)CCc2ccc(Br)cc21. The zero-order valence-electron chi connectivity index (χ0n) is 10.8. The molecule has 3 N–H and O–H groups in total. The molecule has 1 aliphatic rings. The average Bonchev–Trinajstić information content (AvgIpc) is 2.74. The summed E-state index contributed by atoms with van der Waals surface area (Å²) in [7, 11) is 1.70. The van der Waals surface area contributed by atoms with E-state index in [-0.39, 0.29) is 5.91 Å². The van der Waals surface area contributed by atoms with Crippen LogP contribution in [-0.4, -0.2) is 18.1 Å². The summed E-state index contributed by atoms with van der Waals surface area (Å²) in [6.45, 7) is 1.96. The van der Waals surface area contributed by atoms with Gasteiger partial charge in [-0.3, -0.25) is 15.6 Å². The van der Waals surface area contributed by atoms with Gasteiger partial charge in [-0.05, 0) is 55.2 Å². The number of hydrazine groups is 1. The molecule has 0 heterocycles. The second-order valence-corrected chi connectivity index (χ2v) is 6.12. The molecule has 1 aliphatic carbocycles. The van der Waals surface area contributed by atoms with Crippen LogP contribution in [0.1, 0.15) is 24.5 Å². The maximum Gasteiger partial charge on any atom is 0.248 e. The number of carbonyl (C=O) groups excluding carboxylic acids is 1. The summed E-state index contributed by atoms with van der Waals surface area (Å²) in [6, 6.07) is 6.11. The van der Waals surface area contributed by atoms with Crippen molar-refractivity contribution in [2.24, 2.45) is 0 Å². The van der Waals surface area contributed by atoms with Crippen LogP contribution in [0, 0.1) is 0 Å². The van der Waals surface area contributed by atoms with Crippen LogP contribution in [0.25, 0.3) is 0 Å². The monoisotopic (exact) mass is 341 g/mol. The first-order chi connectivity index (χ1) is 8.97. The van der Waals surface area contributed by atoms with E-state index in [4.69, 9.17) is 12.2 Å². The molecule has 1 amide bonds. The first-order valence-electron chi connectivity index (χ1n) is 6.04. The first-order valence-corrected chi connectivity index (χ1v) is 7.24. The van der Waals surface area contributed by atoms with Gasteiger partial charge in [0, 0.05) is 11.5 Å². The van der Waals surface area contributed by atoms with Crippen molar-refractivity contribution in [2.45, 2.75) is 25.2 Å². The molecule has 6 heteroatoms. The fourth-order valence-electron chi connectivity index (χ4n) is 2.35. The van der Waals surface area contributed by atoms with E-state index in [1.54, 1.807) is 7.05 Å². The number of amides is 1. The van der Waals surface area contributed by atoms with Crippen molar-refractivity contribution >= 4 is 39.2 Å². The number of nitrogens with one attached hydrogen (secondary N) is 3. The second-order valence-electron chi connectivity index (χ2n) is 4.79. The third-order valence-electron chi connectivity index (χ3n) is 3.58. The summed E-state index contributed by atoms with van der Waals surface area (Å²) < 4.78 is 0.992. The Bertz CT molecular complexity index is 535. The summed E-state index contributed by atoms with van der Waals surface area (Å²) in [5.41, 5.74) is 7.15. The Kier molecular flexibility index (Phi) is 4.10. The third kappa shape index (κ3) is 2.74. The lowest BCUT2D eigenvalue weighted by Gasteiger charge is -2.25. The van der Waals surface area contributed by atoms with Crippen LogP contribution in [0.3, 0.4) is 0 Å². The van der Waals surface area contributed by atoms with Crippen molar-refractivity contribution in [1.82, 2.24) is 16.2 Å². The van der Waals surface area contributed by atoms with Gasteiger partial charge < -0.3 is 5.32 Å². The highest BCUT2D eigenvalue weighted by Gasteiger charge is 2.41. The number of thiocarbonyl (C=S) groups is 1. The molecule has 0 fully saturated rings. The Morgan fingerprint density at radius 2 is 2.16 bits per heavy atom. The molecule has 0 saturated carbocycles. The molecule has 0 bridgehead atoms. The zero-order chi connectivity index (χ0) is 14.0. The molecule has 1 unspecified atom stereocenters. The molecule has 0 aliphatic heterocycles. The summed E-state index contributed by atoms with van der Waals surface area (Å²) in [5, 5.41) is 3.14. The predicted molar refractivity (Wildman–Crippen MR) is 82.8 cm³/mol. The summed E-state index contributed by atoms with van der Waals surface area (Å²) >= 11 is 8.40. The number of aryl methyl sites for hydroxylation is 1. The summed E-state index contributed by atoms with van der Waals surface area (Å²) in [6.07, 6.45) is 1.72. The first kappa shape index (κ1) is 14.3. The van der Waals surface area contributed by atoms with Gasteiger partial charge in [-0.25, -0.2) is 0 Å². The standard InChI is InChI=1S/C13H16BrN3OS/c1-13(11(18)16-17-12(19)15-2)6-5-8-3-4-9(14)7-10(8)13/h3-4,7H,5-6H2,1-2H3,(H,16,18)(H2,15,17,19). The van der Waals surface area contributed by atoms with Crippen molar-refractivity contribution in [1.29, 1.82) is 0 Å². The van der Waals surface area contributed by atoms with Crippen molar-refractivity contribution in [3.63, 3.8) is 0 Å².